The fraction of sp³-hybridized carbons (Fsp3) is 0.417. The molecule has 5 nitrogen and oxygen atoms in total. The van der Waals surface area contributed by atoms with Crippen molar-refractivity contribution in [1.82, 2.24) is 4.98 Å². The molecule has 0 spiro atoms. The zero-order chi connectivity index (χ0) is 12.5. The van der Waals surface area contributed by atoms with Gasteiger partial charge in [0.2, 0.25) is 0 Å². The Hall–Kier alpha value is -1.75. The second-order valence-electron chi connectivity index (χ2n) is 4.41. The van der Waals surface area contributed by atoms with Gasteiger partial charge in [-0.2, -0.15) is 4.98 Å². The molecule has 1 aromatic carbocycles. The number of aliphatic hydroxyl groups excluding tert-OH is 1. The van der Waals surface area contributed by atoms with Crippen LogP contribution in [-0.2, 0) is 0 Å². The predicted molar refractivity (Wildman–Crippen MR) is 67.8 cm³/mol. The summed E-state index contributed by atoms with van der Waals surface area (Å²) in [6, 6.07) is 5.79. The number of benzene rings is 1. The Morgan fingerprint density at radius 3 is 2.88 bits per heavy atom. The quantitative estimate of drug-likeness (QED) is 0.706. The number of nitrogen functional groups attached to an aromatic ring is 1. The predicted octanol–water partition coefficient (Wildman–Crippen LogP) is 1.98. The van der Waals surface area contributed by atoms with Crippen molar-refractivity contribution in [2.24, 2.45) is 0 Å². The molecule has 2 aromatic rings. The summed E-state index contributed by atoms with van der Waals surface area (Å²) < 4.78 is 5.53. The van der Waals surface area contributed by atoms with Crippen molar-refractivity contribution in [3.63, 3.8) is 0 Å². The molecule has 0 aliphatic carbocycles. The van der Waals surface area contributed by atoms with Gasteiger partial charge in [-0.3, -0.25) is 0 Å². The van der Waals surface area contributed by atoms with Gasteiger partial charge >= 0.3 is 0 Å². The molecule has 17 heavy (non-hydrogen) atoms. The number of rotatable bonds is 4. The first-order valence-electron chi connectivity index (χ1n) is 5.62. The Labute approximate surface area is 99.6 Å². The van der Waals surface area contributed by atoms with Gasteiger partial charge in [-0.1, -0.05) is 13.0 Å². The van der Waals surface area contributed by atoms with E-state index < -0.39 is 5.54 Å². The van der Waals surface area contributed by atoms with Crippen LogP contribution in [0.15, 0.2) is 22.6 Å². The Bertz CT molecular complexity index is 517. The lowest BCUT2D eigenvalue weighted by molar-refractivity contribution is 0.216. The average molecular weight is 235 g/mol. The van der Waals surface area contributed by atoms with E-state index in [1.165, 1.54) is 0 Å². The third kappa shape index (κ3) is 2.19. The summed E-state index contributed by atoms with van der Waals surface area (Å²) in [5, 5.41) is 12.4. The number of anilines is 2. The summed E-state index contributed by atoms with van der Waals surface area (Å²) in [5.41, 5.74) is 7.24. The molecule has 0 bridgehead atoms. The molecule has 92 valence electrons. The Morgan fingerprint density at radius 1 is 1.53 bits per heavy atom. The van der Waals surface area contributed by atoms with E-state index in [9.17, 15) is 5.11 Å². The van der Waals surface area contributed by atoms with Crippen LogP contribution < -0.4 is 11.1 Å². The molecule has 1 heterocycles. The van der Waals surface area contributed by atoms with Crippen LogP contribution in [0.3, 0.4) is 0 Å². The summed E-state index contributed by atoms with van der Waals surface area (Å²) in [6.07, 6.45) is 0.762. The van der Waals surface area contributed by atoms with E-state index in [2.05, 4.69) is 10.3 Å². The van der Waals surface area contributed by atoms with Gasteiger partial charge in [0.15, 0.2) is 5.58 Å². The number of hydrogen-bond acceptors (Lipinski definition) is 5. The minimum atomic E-state index is -0.435. The number of aliphatic hydroxyl groups is 1. The van der Waals surface area contributed by atoms with Crippen molar-refractivity contribution < 1.29 is 9.52 Å². The highest BCUT2D eigenvalue weighted by Gasteiger charge is 2.23. The highest BCUT2D eigenvalue weighted by Crippen LogP contribution is 2.26. The highest BCUT2D eigenvalue weighted by atomic mass is 16.4. The third-order valence-corrected chi connectivity index (χ3v) is 2.99. The molecule has 0 aliphatic heterocycles. The van der Waals surface area contributed by atoms with Crippen molar-refractivity contribution in [1.29, 1.82) is 0 Å². The summed E-state index contributed by atoms with van der Waals surface area (Å²) in [4.78, 5) is 4.28. The average Bonchev–Trinajstić information content (AvgIpc) is 2.73. The molecule has 0 amide bonds. The number of para-hydroxylation sites is 1. The maximum Gasteiger partial charge on any atom is 0.296 e. The fourth-order valence-electron chi connectivity index (χ4n) is 1.52. The Morgan fingerprint density at radius 2 is 2.29 bits per heavy atom. The first-order valence-corrected chi connectivity index (χ1v) is 5.62. The van der Waals surface area contributed by atoms with Crippen molar-refractivity contribution in [3.8, 4) is 0 Å². The van der Waals surface area contributed by atoms with Crippen LogP contribution in [0.25, 0.3) is 11.1 Å². The normalized spacial score (nSPS) is 14.8. The van der Waals surface area contributed by atoms with E-state index in [1.807, 2.05) is 26.0 Å². The van der Waals surface area contributed by atoms with Gasteiger partial charge in [-0.25, -0.2) is 0 Å². The van der Waals surface area contributed by atoms with Crippen LogP contribution in [0.5, 0.6) is 0 Å². The van der Waals surface area contributed by atoms with Gasteiger partial charge in [-0.05, 0) is 25.5 Å². The molecular weight excluding hydrogens is 218 g/mol. The van der Waals surface area contributed by atoms with Crippen LogP contribution in [-0.4, -0.2) is 22.2 Å². The SMILES string of the molecule is CCC(C)(CO)Nc1nc2c(N)cccc2o1. The molecular formula is C12H17N3O2. The minimum Gasteiger partial charge on any atom is -0.423 e. The molecule has 0 saturated carbocycles. The second-order valence-corrected chi connectivity index (χ2v) is 4.41. The first-order chi connectivity index (χ1) is 8.08. The van der Waals surface area contributed by atoms with Crippen LogP contribution in [0.4, 0.5) is 11.7 Å². The van der Waals surface area contributed by atoms with Crippen molar-refractivity contribution >= 4 is 22.8 Å². The zero-order valence-electron chi connectivity index (χ0n) is 10.0. The number of hydrogen-bond donors (Lipinski definition) is 3. The molecule has 0 aliphatic rings. The van der Waals surface area contributed by atoms with Crippen molar-refractivity contribution in [2.45, 2.75) is 25.8 Å². The van der Waals surface area contributed by atoms with Gasteiger partial charge in [0.05, 0.1) is 17.8 Å². The van der Waals surface area contributed by atoms with Crippen LogP contribution in [0.1, 0.15) is 20.3 Å². The maximum atomic E-state index is 9.32. The van der Waals surface area contributed by atoms with Crippen molar-refractivity contribution in [3.05, 3.63) is 18.2 Å². The lowest BCUT2D eigenvalue weighted by Gasteiger charge is -2.25. The Kier molecular flexibility index (Phi) is 2.93. The van der Waals surface area contributed by atoms with E-state index in [1.54, 1.807) is 6.07 Å². The third-order valence-electron chi connectivity index (χ3n) is 2.99. The molecule has 4 N–H and O–H groups in total. The lowest BCUT2D eigenvalue weighted by atomic mass is 10.0. The molecule has 1 unspecified atom stereocenters. The lowest BCUT2D eigenvalue weighted by Crippen LogP contribution is -2.38. The topological polar surface area (TPSA) is 84.3 Å². The number of oxazole rings is 1. The van der Waals surface area contributed by atoms with E-state index in [0.29, 0.717) is 22.8 Å². The van der Waals surface area contributed by atoms with Crippen LogP contribution in [0, 0.1) is 0 Å². The highest BCUT2D eigenvalue weighted by molar-refractivity contribution is 5.86. The number of nitrogens with two attached hydrogens (primary N) is 1. The monoisotopic (exact) mass is 235 g/mol. The maximum absolute atomic E-state index is 9.32. The van der Waals surface area contributed by atoms with Crippen molar-refractivity contribution in [2.75, 3.05) is 17.7 Å². The summed E-state index contributed by atoms with van der Waals surface area (Å²) in [7, 11) is 0. The number of nitrogens with zero attached hydrogens (tertiary/aromatic N) is 1. The van der Waals surface area contributed by atoms with Gasteiger partial charge in [0.1, 0.15) is 5.52 Å². The molecule has 5 heteroatoms. The van der Waals surface area contributed by atoms with Gasteiger partial charge in [-0.15, -0.1) is 0 Å². The van der Waals surface area contributed by atoms with Crippen LogP contribution in [0.2, 0.25) is 0 Å². The molecule has 2 rings (SSSR count). The zero-order valence-corrected chi connectivity index (χ0v) is 10.0. The summed E-state index contributed by atoms with van der Waals surface area (Å²) in [5.74, 6) is 0. The van der Waals surface area contributed by atoms with E-state index in [0.717, 1.165) is 6.42 Å². The summed E-state index contributed by atoms with van der Waals surface area (Å²) in [6.45, 7) is 3.91. The van der Waals surface area contributed by atoms with E-state index >= 15 is 0 Å². The van der Waals surface area contributed by atoms with Gasteiger partial charge in [0.25, 0.3) is 6.01 Å². The largest absolute Gasteiger partial charge is 0.423 e. The Balaban J connectivity index is 2.34. The molecule has 1 aromatic heterocycles. The molecule has 1 atom stereocenters. The standard InChI is InChI=1S/C12H17N3O2/c1-3-12(2,7-16)15-11-14-10-8(13)5-4-6-9(10)17-11/h4-6,16H,3,7,13H2,1-2H3,(H,14,15). The van der Waals surface area contributed by atoms with Gasteiger partial charge in [0, 0.05) is 0 Å². The number of fused-ring (bicyclic) bond motifs is 1. The fourth-order valence-corrected chi connectivity index (χ4v) is 1.52. The van der Waals surface area contributed by atoms with E-state index in [4.69, 9.17) is 10.2 Å². The minimum absolute atomic E-state index is 0.0116. The van der Waals surface area contributed by atoms with Gasteiger partial charge < -0.3 is 20.6 Å². The summed E-state index contributed by atoms with van der Waals surface area (Å²) >= 11 is 0. The molecule has 0 saturated heterocycles. The molecule has 0 radical (unpaired) electrons. The van der Waals surface area contributed by atoms with E-state index in [-0.39, 0.29) is 6.61 Å². The second kappa shape index (κ2) is 4.25. The smallest absolute Gasteiger partial charge is 0.296 e. The molecule has 0 fully saturated rings. The van der Waals surface area contributed by atoms with Crippen LogP contribution >= 0.6 is 0 Å². The number of aromatic nitrogens is 1. The number of nitrogens with one attached hydrogen (secondary N) is 1. The first kappa shape index (κ1) is 11.7.